The molecule has 1 aliphatic heterocycles. The molecule has 0 spiro atoms. The van der Waals surface area contributed by atoms with Gasteiger partial charge in [-0.05, 0) is 67.1 Å². The first-order chi connectivity index (χ1) is 15.9. The van der Waals surface area contributed by atoms with E-state index in [9.17, 15) is 14.4 Å². The maximum atomic E-state index is 12.8. The van der Waals surface area contributed by atoms with Gasteiger partial charge >= 0.3 is 6.03 Å². The van der Waals surface area contributed by atoms with Gasteiger partial charge < -0.3 is 19.9 Å². The van der Waals surface area contributed by atoms with Gasteiger partial charge in [0, 0.05) is 28.3 Å². The number of aromatic nitrogens is 1. The predicted octanol–water partition coefficient (Wildman–Crippen LogP) is 3.98. The summed E-state index contributed by atoms with van der Waals surface area (Å²) < 4.78 is 6.92. The highest BCUT2D eigenvalue weighted by molar-refractivity contribution is 6.31. The summed E-state index contributed by atoms with van der Waals surface area (Å²) in [6.07, 6.45) is 3.39. The fourth-order valence-electron chi connectivity index (χ4n) is 3.36. The second-order valence-corrected chi connectivity index (χ2v) is 7.80. The van der Waals surface area contributed by atoms with Gasteiger partial charge in [0.05, 0.1) is 7.11 Å². The van der Waals surface area contributed by atoms with Gasteiger partial charge in [-0.1, -0.05) is 17.7 Å². The Balaban J connectivity index is 1.48. The number of carbonyl (C=O) groups excluding carboxylic acids is 3. The number of imide groups is 1. The summed E-state index contributed by atoms with van der Waals surface area (Å²) in [6, 6.07) is 15.3. The highest BCUT2D eigenvalue weighted by atomic mass is 35.5. The highest BCUT2D eigenvalue weighted by Crippen LogP contribution is 2.23. The van der Waals surface area contributed by atoms with Crippen molar-refractivity contribution in [2.75, 3.05) is 19.0 Å². The van der Waals surface area contributed by atoms with Gasteiger partial charge in [0.25, 0.3) is 5.91 Å². The summed E-state index contributed by atoms with van der Waals surface area (Å²) in [5.74, 6) is -0.434. The molecule has 1 aromatic heterocycles. The number of anilines is 1. The third-order valence-electron chi connectivity index (χ3n) is 5.14. The van der Waals surface area contributed by atoms with Gasteiger partial charge in [0.1, 0.15) is 18.0 Å². The van der Waals surface area contributed by atoms with Crippen LogP contribution in [0.1, 0.15) is 11.3 Å². The number of methoxy groups -OCH3 is 1. The zero-order chi connectivity index (χ0) is 23.5. The van der Waals surface area contributed by atoms with Crippen molar-refractivity contribution in [2.45, 2.75) is 6.92 Å². The minimum atomic E-state index is -0.660. The van der Waals surface area contributed by atoms with E-state index in [1.165, 1.54) is 0 Å². The second kappa shape index (κ2) is 9.22. The summed E-state index contributed by atoms with van der Waals surface area (Å²) in [6.45, 7) is 1.50. The number of carbonyl (C=O) groups is 3. The number of hydrogen-bond acceptors (Lipinski definition) is 4. The maximum absolute atomic E-state index is 12.8. The lowest BCUT2D eigenvalue weighted by Gasteiger charge is -2.12. The van der Waals surface area contributed by atoms with Crippen LogP contribution in [0.3, 0.4) is 0 Å². The molecule has 2 aromatic carbocycles. The number of nitrogens with zero attached hydrogens (tertiary/aromatic N) is 2. The topological polar surface area (TPSA) is 92.7 Å². The van der Waals surface area contributed by atoms with Crippen molar-refractivity contribution in [1.29, 1.82) is 0 Å². The SMILES string of the molecule is COc1ccc(NC(=O)CN2C(=O)N/C(=C\c3cccn3-c3ccc(C)c(Cl)c3)C2=O)cc1. The second-order valence-electron chi connectivity index (χ2n) is 7.39. The summed E-state index contributed by atoms with van der Waals surface area (Å²) in [4.78, 5) is 38.4. The third kappa shape index (κ3) is 4.75. The fraction of sp³-hybridized carbons (Fsp3) is 0.125. The van der Waals surface area contributed by atoms with Gasteiger partial charge in [0.15, 0.2) is 0 Å². The van der Waals surface area contributed by atoms with Crippen molar-refractivity contribution in [3.8, 4) is 11.4 Å². The Morgan fingerprint density at radius 1 is 1.15 bits per heavy atom. The molecule has 0 aliphatic carbocycles. The Morgan fingerprint density at radius 3 is 2.61 bits per heavy atom. The van der Waals surface area contributed by atoms with Crippen molar-refractivity contribution in [3.05, 3.63) is 82.8 Å². The van der Waals surface area contributed by atoms with E-state index in [0.717, 1.165) is 16.2 Å². The van der Waals surface area contributed by atoms with Gasteiger partial charge in [0.2, 0.25) is 5.91 Å². The van der Waals surface area contributed by atoms with E-state index in [1.54, 1.807) is 43.5 Å². The molecule has 0 bridgehead atoms. The van der Waals surface area contributed by atoms with Gasteiger partial charge in [-0.3, -0.25) is 9.59 Å². The largest absolute Gasteiger partial charge is 0.497 e. The van der Waals surface area contributed by atoms with E-state index in [2.05, 4.69) is 10.6 Å². The Hall–Kier alpha value is -4.04. The average Bonchev–Trinajstić information content (AvgIpc) is 3.36. The number of benzene rings is 2. The number of nitrogens with one attached hydrogen (secondary N) is 2. The van der Waals surface area contributed by atoms with Crippen LogP contribution in [-0.4, -0.2) is 41.0 Å². The summed E-state index contributed by atoms with van der Waals surface area (Å²) in [5, 5.41) is 5.82. The zero-order valence-electron chi connectivity index (χ0n) is 18.0. The lowest BCUT2D eigenvalue weighted by molar-refractivity contribution is -0.127. The van der Waals surface area contributed by atoms with Crippen molar-refractivity contribution >= 4 is 41.2 Å². The molecule has 1 fully saturated rings. The minimum Gasteiger partial charge on any atom is -0.497 e. The Kier molecular flexibility index (Phi) is 6.19. The van der Waals surface area contributed by atoms with Crippen LogP contribution in [0.5, 0.6) is 5.75 Å². The summed E-state index contributed by atoms with van der Waals surface area (Å²) in [5.41, 5.74) is 3.04. The number of ether oxygens (including phenoxy) is 1. The number of hydrogen-bond donors (Lipinski definition) is 2. The van der Waals surface area contributed by atoms with E-state index >= 15 is 0 Å². The van der Waals surface area contributed by atoms with E-state index in [4.69, 9.17) is 16.3 Å². The van der Waals surface area contributed by atoms with Crippen LogP contribution in [0.15, 0.2) is 66.5 Å². The molecule has 168 valence electrons. The summed E-state index contributed by atoms with van der Waals surface area (Å²) in [7, 11) is 1.54. The van der Waals surface area contributed by atoms with Crippen molar-refractivity contribution in [2.24, 2.45) is 0 Å². The number of amides is 4. The average molecular weight is 465 g/mol. The number of rotatable bonds is 6. The van der Waals surface area contributed by atoms with Crippen LogP contribution in [0.25, 0.3) is 11.8 Å². The Labute approximate surface area is 195 Å². The molecule has 1 aliphatic rings. The molecule has 1 saturated heterocycles. The molecule has 0 saturated carbocycles. The van der Waals surface area contributed by atoms with Crippen LogP contribution in [0.2, 0.25) is 5.02 Å². The van der Waals surface area contributed by atoms with Gasteiger partial charge in [-0.15, -0.1) is 0 Å². The molecule has 33 heavy (non-hydrogen) atoms. The van der Waals surface area contributed by atoms with E-state index in [0.29, 0.717) is 22.2 Å². The normalized spacial score (nSPS) is 14.5. The Bertz CT molecular complexity index is 1260. The van der Waals surface area contributed by atoms with Crippen LogP contribution < -0.4 is 15.4 Å². The molecule has 9 heteroatoms. The van der Waals surface area contributed by atoms with Crippen LogP contribution in [0, 0.1) is 6.92 Å². The predicted molar refractivity (Wildman–Crippen MR) is 125 cm³/mol. The molecule has 2 N–H and O–H groups in total. The molecule has 4 rings (SSSR count). The smallest absolute Gasteiger partial charge is 0.329 e. The first-order valence-electron chi connectivity index (χ1n) is 10.1. The van der Waals surface area contributed by atoms with E-state index < -0.39 is 24.4 Å². The van der Waals surface area contributed by atoms with Crippen LogP contribution in [-0.2, 0) is 9.59 Å². The molecule has 0 radical (unpaired) electrons. The first-order valence-corrected chi connectivity index (χ1v) is 10.5. The molecule has 0 atom stereocenters. The van der Waals surface area contributed by atoms with Gasteiger partial charge in [-0.25, -0.2) is 9.69 Å². The number of aryl methyl sites for hydroxylation is 1. The minimum absolute atomic E-state index is 0.0791. The van der Waals surface area contributed by atoms with E-state index in [-0.39, 0.29) is 5.70 Å². The van der Waals surface area contributed by atoms with Crippen molar-refractivity contribution in [1.82, 2.24) is 14.8 Å². The molecule has 3 aromatic rings. The molecular weight excluding hydrogens is 444 g/mol. The molecule has 2 heterocycles. The lowest BCUT2D eigenvalue weighted by atomic mass is 10.2. The lowest BCUT2D eigenvalue weighted by Crippen LogP contribution is -2.38. The molecular formula is C24H21ClN4O4. The molecule has 8 nitrogen and oxygen atoms in total. The standard InChI is InChI=1S/C24H21ClN4O4/c1-15-5-8-18(12-20(15)25)28-11-3-4-17(28)13-21-23(31)29(24(32)27-21)14-22(30)26-16-6-9-19(33-2)10-7-16/h3-13H,14H2,1-2H3,(H,26,30)(H,27,32)/b21-13-. The highest BCUT2D eigenvalue weighted by Gasteiger charge is 2.35. The van der Waals surface area contributed by atoms with Crippen molar-refractivity contribution in [3.63, 3.8) is 0 Å². The van der Waals surface area contributed by atoms with Gasteiger partial charge in [-0.2, -0.15) is 0 Å². The maximum Gasteiger partial charge on any atom is 0.329 e. The Morgan fingerprint density at radius 2 is 1.91 bits per heavy atom. The fourth-order valence-corrected chi connectivity index (χ4v) is 3.53. The van der Waals surface area contributed by atoms with Crippen LogP contribution >= 0.6 is 11.6 Å². The number of urea groups is 1. The molecule has 0 unspecified atom stereocenters. The first kappa shape index (κ1) is 22.2. The third-order valence-corrected chi connectivity index (χ3v) is 5.55. The quantitative estimate of drug-likeness (QED) is 0.426. The monoisotopic (exact) mass is 464 g/mol. The number of halogens is 1. The molecule has 4 amide bonds. The summed E-state index contributed by atoms with van der Waals surface area (Å²) >= 11 is 6.25. The van der Waals surface area contributed by atoms with Crippen molar-refractivity contribution < 1.29 is 19.1 Å². The van der Waals surface area contributed by atoms with Crippen LogP contribution in [0.4, 0.5) is 10.5 Å². The van der Waals surface area contributed by atoms with E-state index in [1.807, 2.05) is 42.0 Å². The zero-order valence-corrected chi connectivity index (χ0v) is 18.7.